The van der Waals surface area contributed by atoms with Gasteiger partial charge >= 0.3 is 11.7 Å². The third kappa shape index (κ3) is 3.84. The lowest BCUT2D eigenvalue weighted by Crippen LogP contribution is -2.48. The molecule has 3 aliphatic rings. The maximum Gasteiger partial charge on any atom is 0.354 e. The first-order valence-corrected chi connectivity index (χ1v) is 10.9. The van der Waals surface area contributed by atoms with Crippen LogP contribution in [-0.2, 0) is 6.54 Å². The van der Waals surface area contributed by atoms with E-state index in [4.69, 9.17) is 5.73 Å². The van der Waals surface area contributed by atoms with Crippen LogP contribution in [0.4, 0.5) is 10.6 Å². The average Bonchev–Trinajstić information content (AvgIpc) is 3.09. The molecular formula is C22H29N7O2. The Bertz CT molecular complexity index is 1030. The molecule has 0 spiro atoms. The third-order valence-corrected chi connectivity index (χ3v) is 7.02. The molecule has 164 valence electrons. The van der Waals surface area contributed by atoms with Gasteiger partial charge in [-0.1, -0.05) is 19.1 Å². The first-order valence-electron chi connectivity index (χ1n) is 10.9. The molecule has 2 saturated heterocycles. The SMILES string of the molecule is C[C@]12CN(Cc3ccc(-n4ccc(NC(=O)N5CCNCC5)nc4=O)cc3)C[C@H]1[C@@H]2N. The minimum Gasteiger partial charge on any atom is -0.327 e. The Kier molecular flexibility index (Phi) is 5.04. The van der Waals surface area contributed by atoms with Crippen LogP contribution in [0.2, 0.25) is 0 Å². The van der Waals surface area contributed by atoms with Gasteiger partial charge in [0.25, 0.3) is 0 Å². The number of piperidine rings is 1. The monoisotopic (exact) mass is 423 g/mol. The minimum absolute atomic E-state index is 0.232. The number of amides is 2. The zero-order chi connectivity index (χ0) is 21.6. The molecule has 1 aromatic carbocycles. The van der Waals surface area contributed by atoms with Crippen molar-refractivity contribution in [3.8, 4) is 5.69 Å². The van der Waals surface area contributed by atoms with E-state index in [1.165, 1.54) is 10.1 Å². The van der Waals surface area contributed by atoms with Gasteiger partial charge in [-0.05, 0) is 29.7 Å². The van der Waals surface area contributed by atoms with Gasteiger partial charge in [0.15, 0.2) is 0 Å². The number of piperazine rings is 1. The Morgan fingerprint density at radius 3 is 2.65 bits per heavy atom. The van der Waals surface area contributed by atoms with Crippen molar-refractivity contribution in [3.63, 3.8) is 0 Å². The summed E-state index contributed by atoms with van der Waals surface area (Å²) < 4.78 is 1.48. The van der Waals surface area contributed by atoms with Crippen molar-refractivity contribution in [3.05, 3.63) is 52.6 Å². The second-order valence-corrected chi connectivity index (χ2v) is 9.11. The minimum atomic E-state index is -0.424. The van der Waals surface area contributed by atoms with Gasteiger partial charge in [-0.2, -0.15) is 4.98 Å². The number of carbonyl (C=O) groups excluding carboxylic acids is 1. The van der Waals surface area contributed by atoms with E-state index < -0.39 is 5.69 Å². The lowest BCUT2D eigenvalue weighted by atomic mass is 10.1. The van der Waals surface area contributed by atoms with Gasteiger partial charge in [-0.3, -0.25) is 14.8 Å². The van der Waals surface area contributed by atoms with E-state index in [0.717, 1.165) is 38.4 Å². The summed E-state index contributed by atoms with van der Waals surface area (Å²) in [5.74, 6) is 0.891. The van der Waals surface area contributed by atoms with Gasteiger partial charge in [0.2, 0.25) is 0 Å². The Morgan fingerprint density at radius 1 is 1.26 bits per heavy atom. The summed E-state index contributed by atoms with van der Waals surface area (Å²) in [4.78, 5) is 33.0. The largest absolute Gasteiger partial charge is 0.354 e. The van der Waals surface area contributed by atoms with Gasteiger partial charge in [0.05, 0.1) is 5.69 Å². The second-order valence-electron chi connectivity index (χ2n) is 9.11. The lowest BCUT2D eigenvalue weighted by Gasteiger charge is -2.27. The number of benzene rings is 1. The number of rotatable bonds is 4. The van der Waals surface area contributed by atoms with Crippen LogP contribution in [0.15, 0.2) is 41.3 Å². The first-order chi connectivity index (χ1) is 14.9. The Hall–Kier alpha value is -2.75. The molecule has 31 heavy (non-hydrogen) atoms. The van der Waals surface area contributed by atoms with E-state index in [1.807, 2.05) is 24.3 Å². The molecule has 1 aliphatic carbocycles. The van der Waals surface area contributed by atoms with Crippen LogP contribution >= 0.6 is 0 Å². The first kappa shape index (κ1) is 20.2. The molecule has 3 heterocycles. The van der Waals surface area contributed by atoms with Gasteiger partial charge in [0.1, 0.15) is 5.82 Å². The van der Waals surface area contributed by atoms with Crippen molar-refractivity contribution in [1.29, 1.82) is 0 Å². The summed E-state index contributed by atoms with van der Waals surface area (Å²) in [6, 6.07) is 9.74. The van der Waals surface area contributed by atoms with Crippen molar-refractivity contribution < 1.29 is 4.79 Å². The molecule has 2 aliphatic heterocycles. The number of anilines is 1. The van der Waals surface area contributed by atoms with E-state index in [1.54, 1.807) is 17.2 Å². The van der Waals surface area contributed by atoms with Crippen LogP contribution in [0.1, 0.15) is 12.5 Å². The predicted molar refractivity (Wildman–Crippen MR) is 118 cm³/mol. The smallest absolute Gasteiger partial charge is 0.327 e. The topological polar surface area (TPSA) is 109 Å². The number of likely N-dealkylation sites (tertiary alicyclic amines) is 1. The summed E-state index contributed by atoms with van der Waals surface area (Å²) in [6.45, 7) is 8.09. The maximum atomic E-state index is 12.5. The predicted octanol–water partition coefficient (Wildman–Crippen LogP) is 0.449. The highest BCUT2D eigenvalue weighted by Gasteiger charge is 2.63. The fraction of sp³-hybridized carbons (Fsp3) is 0.500. The lowest BCUT2D eigenvalue weighted by molar-refractivity contribution is 0.204. The number of nitrogens with two attached hydrogens (primary N) is 1. The van der Waals surface area contributed by atoms with Crippen molar-refractivity contribution in [2.75, 3.05) is 44.6 Å². The van der Waals surface area contributed by atoms with Gasteiger partial charge in [-0.25, -0.2) is 9.59 Å². The number of nitrogens with zero attached hydrogens (tertiary/aromatic N) is 4. The van der Waals surface area contributed by atoms with Crippen LogP contribution in [-0.4, -0.2) is 70.7 Å². The van der Waals surface area contributed by atoms with Crippen LogP contribution in [0.3, 0.4) is 0 Å². The van der Waals surface area contributed by atoms with Crippen molar-refractivity contribution >= 4 is 11.8 Å². The summed E-state index contributed by atoms with van der Waals surface area (Å²) in [6.07, 6.45) is 1.65. The highest BCUT2D eigenvalue weighted by Crippen LogP contribution is 2.56. The normalized spacial score (nSPS) is 27.7. The molecule has 3 fully saturated rings. The van der Waals surface area contributed by atoms with Gasteiger partial charge < -0.3 is 16.0 Å². The number of carbonyl (C=O) groups is 1. The van der Waals surface area contributed by atoms with Crippen LogP contribution < -0.4 is 22.1 Å². The molecule has 5 rings (SSSR count). The molecule has 2 aromatic rings. The molecule has 1 saturated carbocycles. The molecule has 3 atom stereocenters. The summed E-state index contributed by atoms with van der Waals surface area (Å²) in [7, 11) is 0. The van der Waals surface area contributed by atoms with Crippen molar-refractivity contribution in [2.45, 2.75) is 19.5 Å². The number of hydrogen-bond acceptors (Lipinski definition) is 6. The molecule has 0 bridgehead atoms. The van der Waals surface area contributed by atoms with E-state index in [0.29, 0.717) is 30.5 Å². The van der Waals surface area contributed by atoms with Gasteiger partial charge in [-0.15, -0.1) is 0 Å². The molecule has 0 unspecified atom stereocenters. The van der Waals surface area contributed by atoms with E-state index in [9.17, 15) is 9.59 Å². The van der Waals surface area contributed by atoms with Gasteiger partial charge in [0, 0.05) is 63.5 Å². The molecule has 1 aromatic heterocycles. The fourth-order valence-electron chi connectivity index (χ4n) is 4.93. The number of urea groups is 1. The second kappa shape index (κ2) is 7.74. The third-order valence-electron chi connectivity index (χ3n) is 7.02. The van der Waals surface area contributed by atoms with E-state index in [-0.39, 0.29) is 11.8 Å². The standard InChI is InChI=1S/C22H29N7O2/c1-22-14-27(13-17(22)19(22)23)12-15-2-4-16(5-3-15)29-9-6-18(26-21(29)31)25-20(30)28-10-7-24-8-11-28/h2-6,9,17,19,24H,7-8,10-14,23H2,1H3,(H,25,26,30,31)/t17-,19-,22-/m0/s1. The van der Waals surface area contributed by atoms with Crippen molar-refractivity contribution in [2.24, 2.45) is 17.1 Å². The molecule has 9 heteroatoms. The zero-order valence-corrected chi connectivity index (χ0v) is 17.8. The molecular weight excluding hydrogens is 394 g/mol. The number of hydrogen-bond donors (Lipinski definition) is 3. The van der Waals surface area contributed by atoms with E-state index in [2.05, 4.69) is 27.4 Å². The van der Waals surface area contributed by atoms with Crippen molar-refractivity contribution in [1.82, 2.24) is 24.7 Å². The number of aromatic nitrogens is 2. The fourth-order valence-corrected chi connectivity index (χ4v) is 4.93. The number of fused-ring (bicyclic) bond motifs is 1. The highest BCUT2D eigenvalue weighted by molar-refractivity contribution is 5.88. The summed E-state index contributed by atoms with van der Waals surface area (Å²) >= 11 is 0. The quantitative estimate of drug-likeness (QED) is 0.659. The Balaban J connectivity index is 1.22. The molecule has 9 nitrogen and oxygen atoms in total. The zero-order valence-electron chi connectivity index (χ0n) is 17.8. The summed E-state index contributed by atoms with van der Waals surface area (Å²) in [5.41, 5.74) is 7.97. The van der Waals surface area contributed by atoms with Crippen LogP contribution in [0, 0.1) is 11.3 Å². The average molecular weight is 424 g/mol. The molecule has 2 amide bonds. The van der Waals surface area contributed by atoms with Crippen LogP contribution in [0.25, 0.3) is 5.69 Å². The number of nitrogens with one attached hydrogen (secondary N) is 2. The highest BCUT2D eigenvalue weighted by atomic mass is 16.2. The maximum absolute atomic E-state index is 12.5. The van der Waals surface area contributed by atoms with Crippen LogP contribution in [0.5, 0.6) is 0 Å². The summed E-state index contributed by atoms with van der Waals surface area (Å²) in [5, 5.41) is 5.92. The molecule has 4 N–H and O–H groups in total. The Labute approximate surface area is 181 Å². The van der Waals surface area contributed by atoms with E-state index >= 15 is 0 Å². The Morgan fingerprint density at radius 2 is 2.00 bits per heavy atom. The molecule has 0 radical (unpaired) electrons.